The van der Waals surface area contributed by atoms with E-state index in [1.807, 2.05) is 0 Å². The number of benzene rings is 1. The summed E-state index contributed by atoms with van der Waals surface area (Å²) in [6, 6.07) is 6.21. The van der Waals surface area contributed by atoms with Crippen molar-refractivity contribution >= 4 is 23.9 Å². The van der Waals surface area contributed by atoms with Crippen molar-refractivity contribution < 1.29 is 39.6 Å². The highest BCUT2D eigenvalue weighted by Crippen LogP contribution is 2.51. The van der Waals surface area contributed by atoms with E-state index in [9.17, 15) is 34.5 Å². The largest absolute Gasteiger partial charge is 0.481 e. The van der Waals surface area contributed by atoms with E-state index in [4.69, 9.17) is 5.11 Å². The molecule has 1 aromatic rings. The SMILES string of the molecule is CCC1C(C(=O)O)C(C(=O)O)c2ccccc2C1C(CC(=O)O)C(=O)O. The number of rotatable bonds is 7. The summed E-state index contributed by atoms with van der Waals surface area (Å²) >= 11 is 0. The van der Waals surface area contributed by atoms with Gasteiger partial charge >= 0.3 is 23.9 Å². The molecule has 0 radical (unpaired) electrons. The van der Waals surface area contributed by atoms with Crippen LogP contribution in [0, 0.1) is 17.8 Å². The number of carboxylic acids is 4. The van der Waals surface area contributed by atoms with Crippen LogP contribution in [0.1, 0.15) is 42.7 Å². The van der Waals surface area contributed by atoms with Crippen LogP contribution >= 0.6 is 0 Å². The summed E-state index contributed by atoms with van der Waals surface area (Å²) < 4.78 is 0. The van der Waals surface area contributed by atoms with E-state index in [1.54, 1.807) is 25.1 Å². The van der Waals surface area contributed by atoms with Crippen molar-refractivity contribution in [3.05, 3.63) is 35.4 Å². The van der Waals surface area contributed by atoms with Gasteiger partial charge in [0.05, 0.1) is 24.2 Å². The molecule has 0 aromatic heterocycles. The molecule has 5 unspecified atom stereocenters. The number of hydrogen-bond donors (Lipinski definition) is 4. The zero-order chi connectivity index (χ0) is 19.6. The minimum atomic E-state index is -1.35. The molecule has 0 fully saturated rings. The van der Waals surface area contributed by atoms with Crippen molar-refractivity contribution in [2.45, 2.75) is 31.6 Å². The molecule has 140 valence electrons. The minimum absolute atomic E-state index is 0.211. The van der Waals surface area contributed by atoms with Crippen LogP contribution in [-0.4, -0.2) is 44.3 Å². The van der Waals surface area contributed by atoms with E-state index in [2.05, 4.69) is 0 Å². The Morgan fingerprint density at radius 1 is 0.962 bits per heavy atom. The van der Waals surface area contributed by atoms with Gasteiger partial charge in [0.15, 0.2) is 0 Å². The maximum absolute atomic E-state index is 11.9. The zero-order valence-electron chi connectivity index (χ0n) is 14.0. The first-order valence-corrected chi connectivity index (χ1v) is 8.19. The van der Waals surface area contributed by atoms with Gasteiger partial charge in [0.25, 0.3) is 0 Å². The number of aliphatic carboxylic acids is 4. The zero-order valence-corrected chi connectivity index (χ0v) is 14.0. The number of carboxylic acid groups (broad SMARTS) is 4. The first kappa shape index (κ1) is 19.4. The third-order valence-corrected chi connectivity index (χ3v) is 5.14. The quantitative estimate of drug-likeness (QED) is 0.572. The van der Waals surface area contributed by atoms with Gasteiger partial charge < -0.3 is 20.4 Å². The van der Waals surface area contributed by atoms with E-state index in [-0.39, 0.29) is 12.0 Å². The Bertz CT molecular complexity index is 740. The van der Waals surface area contributed by atoms with Crippen LogP contribution in [0.2, 0.25) is 0 Å². The molecule has 2 rings (SSSR count). The van der Waals surface area contributed by atoms with Gasteiger partial charge in [-0.1, -0.05) is 37.6 Å². The van der Waals surface area contributed by atoms with Gasteiger partial charge in [0, 0.05) is 5.92 Å². The Labute approximate surface area is 149 Å². The molecule has 5 atom stereocenters. The second-order valence-corrected chi connectivity index (χ2v) is 6.45. The molecule has 0 spiro atoms. The van der Waals surface area contributed by atoms with Crippen molar-refractivity contribution in [3.8, 4) is 0 Å². The predicted molar refractivity (Wildman–Crippen MR) is 87.8 cm³/mol. The molecule has 1 aromatic carbocycles. The molecule has 4 N–H and O–H groups in total. The Morgan fingerprint density at radius 2 is 1.54 bits per heavy atom. The van der Waals surface area contributed by atoms with Crippen LogP contribution in [0.4, 0.5) is 0 Å². The third kappa shape index (κ3) is 3.40. The van der Waals surface area contributed by atoms with E-state index in [1.165, 1.54) is 6.07 Å². The lowest BCUT2D eigenvalue weighted by Crippen LogP contribution is -2.44. The van der Waals surface area contributed by atoms with Gasteiger partial charge in [-0.2, -0.15) is 0 Å². The van der Waals surface area contributed by atoms with E-state index >= 15 is 0 Å². The van der Waals surface area contributed by atoms with Crippen LogP contribution in [-0.2, 0) is 19.2 Å². The van der Waals surface area contributed by atoms with Gasteiger partial charge in [-0.15, -0.1) is 0 Å². The second-order valence-electron chi connectivity index (χ2n) is 6.45. The molecule has 0 bridgehead atoms. The van der Waals surface area contributed by atoms with Crippen LogP contribution < -0.4 is 0 Å². The maximum Gasteiger partial charge on any atom is 0.311 e. The summed E-state index contributed by atoms with van der Waals surface area (Å²) in [5.41, 5.74) is 0.636. The summed E-state index contributed by atoms with van der Waals surface area (Å²) in [5.74, 6) is -11.0. The van der Waals surface area contributed by atoms with E-state index in [0.29, 0.717) is 5.56 Å². The molecule has 1 aliphatic carbocycles. The van der Waals surface area contributed by atoms with Crippen molar-refractivity contribution in [1.82, 2.24) is 0 Å². The molecule has 8 heteroatoms. The van der Waals surface area contributed by atoms with Crippen LogP contribution in [0.3, 0.4) is 0 Å². The number of hydrogen-bond acceptors (Lipinski definition) is 4. The summed E-state index contributed by atoms with van der Waals surface area (Å²) in [6.07, 6.45) is -0.460. The summed E-state index contributed by atoms with van der Waals surface area (Å²) in [5, 5.41) is 38.0. The lowest BCUT2D eigenvalue weighted by Gasteiger charge is -2.42. The van der Waals surface area contributed by atoms with Crippen LogP contribution in [0.5, 0.6) is 0 Å². The van der Waals surface area contributed by atoms with E-state index in [0.717, 1.165) is 0 Å². The molecule has 0 heterocycles. The predicted octanol–water partition coefficient (Wildman–Crippen LogP) is 1.85. The lowest BCUT2D eigenvalue weighted by atomic mass is 9.59. The first-order chi connectivity index (χ1) is 12.2. The summed E-state index contributed by atoms with van der Waals surface area (Å²) in [6.45, 7) is 1.65. The molecule has 8 nitrogen and oxygen atoms in total. The Balaban J connectivity index is 2.73. The second kappa shape index (κ2) is 7.55. The molecular weight excluding hydrogens is 344 g/mol. The minimum Gasteiger partial charge on any atom is -0.481 e. The molecule has 0 saturated heterocycles. The molecule has 0 aliphatic heterocycles. The van der Waals surface area contributed by atoms with Gasteiger partial charge in [-0.05, 0) is 17.0 Å². The normalized spacial score (nSPS) is 25.7. The molecule has 0 saturated carbocycles. The highest BCUT2D eigenvalue weighted by atomic mass is 16.4. The highest BCUT2D eigenvalue weighted by molar-refractivity contribution is 5.87. The topological polar surface area (TPSA) is 149 Å². The Kier molecular flexibility index (Phi) is 5.64. The van der Waals surface area contributed by atoms with Crippen LogP contribution in [0.25, 0.3) is 0 Å². The first-order valence-electron chi connectivity index (χ1n) is 8.19. The van der Waals surface area contributed by atoms with Crippen LogP contribution in [0.15, 0.2) is 24.3 Å². The third-order valence-electron chi connectivity index (χ3n) is 5.14. The Hall–Kier alpha value is -2.90. The number of carbonyl (C=O) groups is 4. The fraction of sp³-hybridized carbons (Fsp3) is 0.444. The maximum atomic E-state index is 11.9. The van der Waals surface area contributed by atoms with Gasteiger partial charge in [0.1, 0.15) is 0 Å². The number of fused-ring (bicyclic) bond motifs is 1. The average molecular weight is 364 g/mol. The fourth-order valence-corrected chi connectivity index (χ4v) is 4.18. The fourth-order valence-electron chi connectivity index (χ4n) is 4.18. The monoisotopic (exact) mass is 364 g/mol. The van der Waals surface area contributed by atoms with Crippen molar-refractivity contribution in [3.63, 3.8) is 0 Å². The molecule has 1 aliphatic rings. The van der Waals surface area contributed by atoms with Crippen molar-refractivity contribution in [1.29, 1.82) is 0 Å². The standard InChI is InChI=1S/C18H20O8/c1-2-8-13(11(16(21)22)7-12(19)20)9-5-3-4-6-10(9)15(18(25)26)14(8)17(23)24/h3-6,8,11,13-15H,2,7H2,1H3,(H,19,20)(H,21,22)(H,23,24)(H,25,26). The van der Waals surface area contributed by atoms with Gasteiger partial charge in [-0.3, -0.25) is 19.2 Å². The smallest absolute Gasteiger partial charge is 0.311 e. The molecule has 0 amide bonds. The van der Waals surface area contributed by atoms with Crippen molar-refractivity contribution in [2.24, 2.45) is 17.8 Å². The molecular formula is C18H20O8. The Morgan fingerprint density at radius 3 is 1.96 bits per heavy atom. The van der Waals surface area contributed by atoms with Gasteiger partial charge in [-0.25, -0.2) is 0 Å². The molecule has 26 heavy (non-hydrogen) atoms. The van der Waals surface area contributed by atoms with Gasteiger partial charge in [0.2, 0.25) is 0 Å². The highest BCUT2D eigenvalue weighted by Gasteiger charge is 2.52. The average Bonchev–Trinajstić information content (AvgIpc) is 2.56. The lowest BCUT2D eigenvalue weighted by molar-refractivity contribution is -0.156. The summed E-state index contributed by atoms with van der Waals surface area (Å²) in [4.78, 5) is 46.6. The van der Waals surface area contributed by atoms with Crippen molar-refractivity contribution in [2.75, 3.05) is 0 Å². The van der Waals surface area contributed by atoms with E-state index < -0.39 is 59.9 Å². The summed E-state index contributed by atoms with van der Waals surface area (Å²) in [7, 11) is 0.